The first-order chi connectivity index (χ1) is 14.9. The van der Waals surface area contributed by atoms with Crippen molar-refractivity contribution in [3.63, 3.8) is 0 Å². The summed E-state index contributed by atoms with van der Waals surface area (Å²) in [5, 5.41) is 3.16. The molecule has 0 radical (unpaired) electrons. The molecule has 1 aliphatic rings. The lowest BCUT2D eigenvalue weighted by Crippen LogP contribution is -2.48. The van der Waals surface area contributed by atoms with Crippen LogP contribution in [0.5, 0.6) is 11.5 Å². The van der Waals surface area contributed by atoms with Gasteiger partial charge in [-0.3, -0.25) is 14.6 Å². The highest BCUT2D eigenvalue weighted by Crippen LogP contribution is 2.28. The summed E-state index contributed by atoms with van der Waals surface area (Å²) in [4.78, 5) is 17.4. The van der Waals surface area contributed by atoms with Crippen molar-refractivity contribution in [1.29, 1.82) is 0 Å². The highest BCUT2D eigenvalue weighted by molar-refractivity contribution is 5.94. The van der Waals surface area contributed by atoms with E-state index >= 15 is 0 Å². The Morgan fingerprint density at radius 1 is 1.03 bits per heavy atom. The van der Waals surface area contributed by atoms with Crippen molar-refractivity contribution in [2.75, 3.05) is 52.3 Å². The third-order valence-electron chi connectivity index (χ3n) is 5.91. The Kier molecular flexibility index (Phi) is 7.93. The van der Waals surface area contributed by atoms with E-state index in [4.69, 9.17) is 9.47 Å². The first kappa shape index (κ1) is 23.1. The van der Waals surface area contributed by atoms with Gasteiger partial charge < -0.3 is 14.8 Å². The van der Waals surface area contributed by atoms with Crippen molar-refractivity contribution >= 4 is 11.6 Å². The number of rotatable bonds is 8. The lowest BCUT2D eigenvalue weighted by Gasteiger charge is -2.34. The highest BCUT2D eigenvalue weighted by Gasteiger charge is 2.21. The molecule has 1 saturated heterocycles. The molecule has 1 aliphatic heterocycles. The van der Waals surface area contributed by atoms with Crippen molar-refractivity contribution in [2.45, 2.75) is 33.2 Å². The van der Waals surface area contributed by atoms with Crippen LogP contribution in [0.2, 0.25) is 0 Å². The minimum Gasteiger partial charge on any atom is -0.497 e. The minimum absolute atomic E-state index is 0.0547. The highest BCUT2D eigenvalue weighted by atomic mass is 16.5. The van der Waals surface area contributed by atoms with Crippen molar-refractivity contribution in [3.8, 4) is 11.5 Å². The number of aryl methyl sites for hydroxylation is 1. The number of carbonyl (C=O) groups is 1. The zero-order valence-corrected chi connectivity index (χ0v) is 19.4. The molecule has 2 aromatic rings. The second-order valence-corrected chi connectivity index (χ2v) is 8.47. The van der Waals surface area contributed by atoms with E-state index in [1.807, 2.05) is 31.2 Å². The molecule has 2 aromatic carbocycles. The summed E-state index contributed by atoms with van der Waals surface area (Å²) in [6.07, 6.45) is 0. The van der Waals surface area contributed by atoms with Crippen LogP contribution in [-0.2, 0) is 11.3 Å². The molecule has 0 bridgehead atoms. The first-order valence-electron chi connectivity index (χ1n) is 11.0. The Balaban J connectivity index is 1.54. The van der Waals surface area contributed by atoms with Crippen LogP contribution in [0, 0.1) is 6.92 Å². The van der Waals surface area contributed by atoms with Crippen LogP contribution in [0.1, 0.15) is 36.5 Å². The lowest BCUT2D eigenvalue weighted by molar-refractivity contribution is -0.117. The molecule has 0 spiro atoms. The monoisotopic (exact) mass is 425 g/mol. The molecule has 1 heterocycles. The van der Waals surface area contributed by atoms with Crippen molar-refractivity contribution in [2.24, 2.45) is 0 Å². The molecule has 6 nitrogen and oxygen atoms in total. The minimum atomic E-state index is 0.0547. The number of hydrogen-bond donors (Lipinski definition) is 1. The molecule has 168 valence electrons. The molecule has 31 heavy (non-hydrogen) atoms. The van der Waals surface area contributed by atoms with Gasteiger partial charge in [0.05, 0.1) is 20.8 Å². The molecule has 0 aliphatic carbocycles. The number of piperazine rings is 1. The molecule has 0 aromatic heterocycles. The van der Waals surface area contributed by atoms with Gasteiger partial charge in [0, 0.05) is 44.0 Å². The zero-order valence-electron chi connectivity index (χ0n) is 19.4. The number of hydrogen-bond acceptors (Lipinski definition) is 5. The number of anilines is 1. The van der Waals surface area contributed by atoms with E-state index in [0.29, 0.717) is 12.5 Å². The van der Waals surface area contributed by atoms with Gasteiger partial charge in [-0.05, 0) is 42.2 Å². The summed E-state index contributed by atoms with van der Waals surface area (Å²) in [6.45, 7) is 11.1. The van der Waals surface area contributed by atoms with Gasteiger partial charge in [0.15, 0.2) is 0 Å². The van der Waals surface area contributed by atoms with Crippen molar-refractivity contribution in [1.82, 2.24) is 9.80 Å². The van der Waals surface area contributed by atoms with Gasteiger partial charge >= 0.3 is 0 Å². The Morgan fingerprint density at radius 3 is 2.39 bits per heavy atom. The number of para-hydroxylation sites is 1. The number of benzene rings is 2. The molecular formula is C25H35N3O3. The normalized spacial score (nSPS) is 15.2. The van der Waals surface area contributed by atoms with E-state index in [1.54, 1.807) is 14.2 Å². The van der Waals surface area contributed by atoms with E-state index in [2.05, 4.69) is 41.1 Å². The van der Waals surface area contributed by atoms with Gasteiger partial charge in [-0.15, -0.1) is 0 Å². The Bertz CT molecular complexity index is 890. The van der Waals surface area contributed by atoms with Crippen LogP contribution < -0.4 is 14.8 Å². The summed E-state index contributed by atoms with van der Waals surface area (Å²) in [5.41, 5.74) is 4.38. The second-order valence-electron chi connectivity index (χ2n) is 8.47. The van der Waals surface area contributed by atoms with Gasteiger partial charge in [-0.2, -0.15) is 0 Å². The molecule has 1 fully saturated rings. The van der Waals surface area contributed by atoms with Crippen LogP contribution in [0.4, 0.5) is 5.69 Å². The van der Waals surface area contributed by atoms with E-state index in [0.717, 1.165) is 61.0 Å². The average Bonchev–Trinajstić information content (AvgIpc) is 2.76. The number of carbonyl (C=O) groups excluding carboxylic acids is 1. The predicted molar refractivity (Wildman–Crippen MR) is 125 cm³/mol. The molecule has 0 atom stereocenters. The summed E-state index contributed by atoms with van der Waals surface area (Å²) in [7, 11) is 3.37. The maximum Gasteiger partial charge on any atom is 0.238 e. The number of amides is 1. The van der Waals surface area contributed by atoms with Gasteiger partial charge in [0.25, 0.3) is 0 Å². The third kappa shape index (κ3) is 5.99. The van der Waals surface area contributed by atoms with Crippen LogP contribution in [-0.4, -0.2) is 62.7 Å². The van der Waals surface area contributed by atoms with Gasteiger partial charge in [-0.25, -0.2) is 0 Å². The average molecular weight is 426 g/mol. The fraction of sp³-hybridized carbons (Fsp3) is 0.480. The van der Waals surface area contributed by atoms with Crippen LogP contribution in [0.3, 0.4) is 0 Å². The van der Waals surface area contributed by atoms with Gasteiger partial charge in [0.1, 0.15) is 11.5 Å². The number of ether oxygens (including phenoxy) is 2. The molecular weight excluding hydrogens is 390 g/mol. The van der Waals surface area contributed by atoms with E-state index in [1.165, 1.54) is 5.56 Å². The summed E-state index contributed by atoms with van der Waals surface area (Å²) in [6, 6.07) is 12.1. The second kappa shape index (κ2) is 10.6. The molecule has 0 saturated carbocycles. The standard InChI is InChI=1S/C25H35N3O3/c1-18(2)22-8-6-7-19(3)25(22)26-24(29)17-28-13-11-27(12-14-28)16-20-15-21(30-4)9-10-23(20)31-5/h6-10,15,18H,11-14,16-17H2,1-5H3,(H,26,29). The molecule has 1 amide bonds. The third-order valence-corrected chi connectivity index (χ3v) is 5.91. The maximum atomic E-state index is 12.7. The quantitative estimate of drug-likeness (QED) is 0.695. The van der Waals surface area contributed by atoms with Gasteiger partial charge in [0.2, 0.25) is 5.91 Å². The van der Waals surface area contributed by atoms with E-state index < -0.39 is 0 Å². The van der Waals surface area contributed by atoms with Gasteiger partial charge in [-0.1, -0.05) is 32.0 Å². The van der Waals surface area contributed by atoms with E-state index in [9.17, 15) is 4.79 Å². The summed E-state index contributed by atoms with van der Waals surface area (Å²) < 4.78 is 10.9. The fourth-order valence-electron chi connectivity index (χ4n) is 4.08. The largest absolute Gasteiger partial charge is 0.497 e. The number of methoxy groups -OCH3 is 2. The Hall–Kier alpha value is -2.57. The topological polar surface area (TPSA) is 54.0 Å². The van der Waals surface area contributed by atoms with E-state index in [-0.39, 0.29) is 5.91 Å². The van der Waals surface area contributed by atoms with Crippen molar-refractivity contribution < 1.29 is 14.3 Å². The maximum absolute atomic E-state index is 12.7. The van der Waals surface area contributed by atoms with Crippen LogP contribution >= 0.6 is 0 Å². The lowest BCUT2D eigenvalue weighted by atomic mass is 9.98. The number of nitrogens with one attached hydrogen (secondary N) is 1. The van der Waals surface area contributed by atoms with Crippen molar-refractivity contribution in [3.05, 3.63) is 53.1 Å². The Labute approximate surface area is 186 Å². The SMILES string of the molecule is COc1ccc(OC)c(CN2CCN(CC(=O)Nc3c(C)cccc3C(C)C)CC2)c1. The molecule has 6 heteroatoms. The van der Waals surface area contributed by atoms with Crippen LogP contribution in [0.25, 0.3) is 0 Å². The summed E-state index contributed by atoms with van der Waals surface area (Å²) >= 11 is 0. The Morgan fingerprint density at radius 2 is 1.74 bits per heavy atom. The molecule has 0 unspecified atom stereocenters. The predicted octanol–water partition coefficient (Wildman–Crippen LogP) is 3.89. The fourth-order valence-corrected chi connectivity index (χ4v) is 4.08. The summed E-state index contributed by atoms with van der Waals surface area (Å²) in [5.74, 6) is 2.14. The molecule has 3 rings (SSSR count). The molecule has 1 N–H and O–H groups in total. The smallest absolute Gasteiger partial charge is 0.238 e. The number of nitrogens with zero attached hydrogens (tertiary/aromatic N) is 2. The first-order valence-corrected chi connectivity index (χ1v) is 11.0. The zero-order chi connectivity index (χ0) is 22.4. The van der Waals surface area contributed by atoms with Crippen LogP contribution in [0.15, 0.2) is 36.4 Å².